The first-order chi connectivity index (χ1) is 14.7. The molecule has 1 unspecified atom stereocenters. The van der Waals surface area contributed by atoms with Crippen molar-refractivity contribution in [3.8, 4) is 0 Å². The van der Waals surface area contributed by atoms with Crippen molar-refractivity contribution in [2.45, 2.75) is 11.3 Å². The molecule has 0 radical (unpaired) electrons. The molecule has 1 aliphatic heterocycles. The molecule has 30 heavy (non-hydrogen) atoms. The maximum absolute atomic E-state index is 4.48. The molecular formula is C21H28N8S. The molecule has 8 nitrogen and oxygen atoms in total. The number of hydrogen-bond acceptors (Lipinski definition) is 6. The third kappa shape index (κ3) is 4.84. The second-order valence-electron chi connectivity index (χ2n) is 7.35. The molecular weight excluding hydrogens is 396 g/mol. The molecule has 2 aromatic heterocycles. The number of hydrogen-bond donors (Lipinski definition) is 2. The Morgan fingerprint density at radius 2 is 2.10 bits per heavy atom. The van der Waals surface area contributed by atoms with Gasteiger partial charge in [0.1, 0.15) is 12.1 Å². The fraction of sp³-hybridized carbons (Fsp3) is 0.429. The summed E-state index contributed by atoms with van der Waals surface area (Å²) >= 11 is 1.94. The van der Waals surface area contributed by atoms with Crippen LogP contribution in [0.4, 0.5) is 5.82 Å². The third-order valence-electron chi connectivity index (χ3n) is 5.26. The number of aromatic nitrogens is 4. The lowest BCUT2D eigenvalue weighted by Crippen LogP contribution is -2.42. The number of anilines is 1. The molecule has 1 saturated heterocycles. The van der Waals surface area contributed by atoms with Gasteiger partial charge in [0.2, 0.25) is 0 Å². The van der Waals surface area contributed by atoms with E-state index >= 15 is 0 Å². The van der Waals surface area contributed by atoms with Crippen LogP contribution in [0.15, 0.2) is 52.7 Å². The van der Waals surface area contributed by atoms with Crippen molar-refractivity contribution in [1.82, 2.24) is 30.0 Å². The van der Waals surface area contributed by atoms with Gasteiger partial charge in [-0.2, -0.15) is 5.10 Å². The normalized spacial score (nSPS) is 16.9. The van der Waals surface area contributed by atoms with Gasteiger partial charge in [0, 0.05) is 50.9 Å². The van der Waals surface area contributed by atoms with Crippen LogP contribution in [-0.2, 0) is 7.05 Å². The van der Waals surface area contributed by atoms with E-state index in [-0.39, 0.29) is 0 Å². The number of guanidine groups is 1. The van der Waals surface area contributed by atoms with Gasteiger partial charge in [0.05, 0.1) is 11.6 Å². The summed E-state index contributed by atoms with van der Waals surface area (Å²) in [5.41, 5.74) is 0.827. The Bertz CT molecular complexity index is 987. The average molecular weight is 425 g/mol. The van der Waals surface area contributed by atoms with Crippen LogP contribution >= 0.6 is 11.8 Å². The van der Waals surface area contributed by atoms with E-state index in [1.165, 1.54) is 11.3 Å². The fourth-order valence-electron chi connectivity index (χ4n) is 3.68. The van der Waals surface area contributed by atoms with Gasteiger partial charge in [-0.25, -0.2) is 9.97 Å². The Balaban J connectivity index is 1.22. The first kappa shape index (κ1) is 20.5. The van der Waals surface area contributed by atoms with Crippen molar-refractivity contribution in [2.24, 2.45) is 18.0 Å². The molecule has 3 aromatic rings. The standard InChI is InChI=1S/C21H28N8S/c1-22-21(29-11-8-16(13-29)14-30-17-6-4-3-5-7-17)24-10-9-23-19-18-12-27-28(2)20(18)26-15-25-19/h3-7,12,15-16H,8-11,13-14H2,1-2H3,(H,22,24)(H,23,25,26). The Morgan fingerprint density at radius 1 is 1.23 bits per heavy atom. The molecule has 0 spiro atoms. The molecule has 2 N–H and O–H groups in total. The monoisotopic (exact) mass is 424 g/mol. The highest BCUT2D eigenvalue weighted by Crippen LogP contribution is 2.25. The topological polar surface area (TPSA) is 83.3 Å². The van der Waals surface area contributed by atoms with Crippen LogP contribution in [-0.4, -0.2) is 69.6 Å². The van der Waals surface area contributed by atoms with Crippen LogP contribution in [0.2, 0.25) is 0 Å². The Morgan fingerprint density at radius 3 is 2.93 bits per heavy atom. The van der Waals surface area contributed by atoms with Crippen molar-refractivity contribution in [3.05, 3.63) is 42.9 Å². The minimum atomic E-state index is 0.687. The maximum Gasteiger partial charge on any atom is 0.193 e. The number of aliphatic imine (C=N–C) groups is 1. The van der Waals surface area contributed by atoms with Crippen LogP contribution in [0, 0.1) is 5.92 Å². The minimum absolute atomic E-state index is 0.687. The third-order valence-corrected chi connectivity index (χ3v) is 6.50. The number of thioether (sulfide) groups is 1. The van der Waals surface area contributed by atoms with Crippen LogP contribution in [0.3, 0.4) is 0 Å². The van der Waals surface area contributed by atoms with E-state index in [0.717, 1.165) is 54.7 Å². The molecule has 0 bridgehead atoms. The van der Waals surface area contributed by atoms with Gasteiger partial charge in [-0.1, -0.05) is 18.2 Å². The summed E-state index contributed by atoms with van der Waals surface area (Å²) in [6.07, 6.45) is 4.57. The number of likely N-dealkylation sites (tertiary alicyclic amines) is 1. The van der Waals surface area contributed by atoms with Gasteiger partial charge in [-0.05, 0) is 24.5 Å². The van der Waals surface area contributed by atoms with E-state index in [9.17, 15) is 0 Å². The molecule has 1 atom stereocenters. The zero-order valence-corrected chi connectivity index (χ0v) is 18.3. The highest BCUT2D eigenvalue weighted by Gasteiger charge is 2.24. The molecule has 1 aromatic carbocycles. The van der Waals surface area contributed by atoms with E-state index in [0.29, 0.717) is 5.92 Å². The molecule has 0 aliphatic carbocycles. The molecule has 158 valence electrons. The van der Waals surface area contributed by atoms with Crippen LogP contribution in [0.1, 0.15) is 6.42 Å². The van der Waals surface area contributed by atoms with Crippen molar-refractivity contribution in [1.29, 1.82) is 0 Å². The van der Waals surface area contributed by atoms with Crippen molar-refractivity contribution < 1.29 is 0 Å². The van der Waals surface area contributed by atoms with Crippen molar-refractivity contribution >= 4 is 34.6 Å². The average Bonchev–Trinajstić information content (AvgIpc) is 3.41. The van der Waals surface area contributed by atoms with E-state index in [1.54, 1.807) is 17.2 Å². The maximum atomic E-state index is 4.48. The first-order valence-electron chi connectivity index (χ1n) is 10.2. The van der Waals surface area contributed by atoms with Gasteiger partial charge in [-0.15, -0.1) is 11.8 Å². The number of aryl methyl sites for hydroxylation is 1. The quantitative estimate of drug-likeness (QED) is 0.261. The number of nitrogens with one attached hydrogen (secondary N) is 2. The molecule has 1 aliphatic rings. The second kappa shape index (κ2) is 9.80. The van der Waals surface area contributed by atoms with Gasteiger partial charge in [-0.3, -0.25) is 9.67 Å². The fourth-order valence-corrected chi connectivity index (χ4v) is 4.73. The van der Waals surface area contributed by atoms with E-state index < -0.39 is 0 Å². The lowest BCUT2D eigenvalue weighted by atomic mass is 10.2. The largest absolute Gasteiger partial charge is 0.368 e. The molecule has 4 rings (SSSR count). The number of benzene rings is 1. The summed E-state index contributed by atoms with van der Waals surface area (Å²) in [5.74, 6) is 3.61. The predicted molar refractivity (Wildman–Crippen MR) is 123 cm³/mol. The van der Waals surface area contributed by atoms with E-state index in [2.05, 4.69) is 65.9 Å². The lowest BCUT2D eigenvalue weighted by molar-refractivity contribution is 0.476. The van der Waals surface area contributed by atoms with E-state index in [4.69, 9.17) is 0 Å². The van der Waals surface area contributed by atoms with Crippen molar-refractivity contribution in [3.63, 3.8) is 0 Å². The summed E-state index contributed by atoms with van der Waals surface area (Å²) in [7, 11) is 3.73. The molecule has 1 fully saturated rings. The molecule has 3 heterocycles. The lowest BCUT2D eigenvalue weighted by Gasteiger charge is -2.22. The summed E-state index contributed by atoms with van der Waals surface area (Å²) in [4.78, 5) is 16.8. The van der Waals surface area contributed by atoms with Crippen LogP contribution in [0.5, 0.6) is 0 Å². The highest BCUT2D eigenvalue weighted by atomic mass is 32.2. The number of nitrogens with zero attached hydrogens (tertiary/aromatic N) is 6. The Kier molecular flexibility index (Phi) is 6.68. The van der Waals surface area contributed by atoms with E-state index in [1.807, 2.05) is 25.9 Å². The Hall–Kier alpha value is -2.81. The molecule has 0 amide bonds. The van der Waals surface area contributed by atoms with Crippen LogP contribution in [0.25, 0.3) is 11.0 Å². The minimum Gasteiger partial charge on any atom is -0.368 e. The summed E-state index contributed by atoms with van der Waals surface area (Å²) < 4.78 is 1.75. The molecule has 9 heteroatoms. The highest BCUT2D eigenvalue weighted by molar-refractivity contribution is 7.99. The summed E-state index contributed by atoms with van der Waals surface area (Å²) in [6.45, 7) is 3.60. The van der Waals surface area contributed by atoms with Gasteiger partial charge in [0.25, 0.3) is 0 Å². The number of rotatable bonds is 7. The molecule has 0 saturated carbocycles. The Labute approximate surface area is 181 Å². The zero-order valence-electron chi connectivity index (χ0n) is 17.5. The second-order valence-corrected chi connectivity index (χ2v) is 8.45. The zero-order chi connectivity index (χ0) is 20.8. The van der Waals surface area contributed by atoms with Gasteiger partial charge in [0.15, 0.2) is 11.6 Å². The van der Waals surface area contributed by atoms with Gasteiger partial charge >= 0.3 is 0 Å². The smallest absolute Gasteiger partial charge is 0.193 e. The summed E-state index contributed by atoms with van der Waals surface area (Å²) in [6, 6.07) is 10.6. The van der Waals surface area contributed by atoms with Crippen molar-refractivity contribution in [2.75, 3.05) is 44.3 Å². The SMILES string of the molecule is CN=C(NCCNc1ncnc2c1cnn2C)N1CCC(CSc2ccccc2)C1. The summed E-state index contributed by atoms with van der Waals surface area (Å²) in [5, 5.41) is 12.0. The van der Waals surface area contributed by atoms with Crippen LogP contribution < -0.4 is 10.6 Å². The van der Waals surface area contributed by atoms with Gasteiger partial charge < -0.3 is 15.5 Å². The first-order valence-corrected chi connectivity index (χ1v) is 11.2. The predicted octanol–water partition coefficient (Wildman–Crippen LogP) is 2.46. The number of fused-ring (bicyclic) bond motifs is 1.